The highest BCUT2D eigenvalue weighted by Gasteiger charge is 2.35. The van der Waals surface area contributed by atoms with Crippen LogP contribution in [0, 0.1) is 5.82 Å². The Balaban J connectivity index is 2.48. The molecule has 0 saturated heterocycles. The molecule has 0 spiro atoms. The molecule has 20 heavy (non-hydrogen) atoms. The van der Waals surface area contributed by atoms with E-state index in [9.17, 15) is 9.18 Å². The number of nitrogens with zero attached hydrogens (tertiary/aromatic N) is 1. The van der Waals surface area contributed by atoms with Crippen LogP contribution in [0.5, 0.6) is 0 Å². The number of rotatable bonds is 4. The monoisotopic (exact) mass is 271 g/mol. The molecule has 104 valence electrons. The van der Waals surface area contributed by atoms with Gasteiger partial charge >= 0.3 is 0 Å². The van der Waals surface area contributed by atoms with Crippen LogP contribution in [0.4, 0.5) is 4.39 Å². The highest BCUT2D eigenvalue weighted by atomic mass is 19.1. The first-order chi connectivity index (χ1) is 9.43. The molecular formula is C17H18FNO. The molecule has 0 fully saturated rings. The molecule has 1 aromatic heterocycles. The number of carbonyl (C=O) groups is 1. The molecule has 0 bridgehead atoms. The Morgan fingerprint density at radius 1 is 1.10 bits per heavy atom. The van der Waals surface area contributed by atoms with Gasteiger partial charge in [0.05, 0.1) is 5.92 Å². The van der Waals surface area contributed by atoms with Crippen LogP contribution in [0.3, 0.4) is 0 Å². The van der Waals surface area contributed by atoms with Gasteiger partial charge in [0.25, 0.3) is 0 Å². The second-order valence-corrected chi connectivity index (χ2v) is 5.55. The third-order valence-electron chi connectivity index (χ3n) is 3.76. The van der Waals surface area contributed by atoms with E-state index >= 15 is 0 Å². The molecule has 0 amide bonds. The van der Waals surface area contributed by atoms with E-state index in [2.05, 4.69) is 4.98 Å². The van der Waals surface area contributed by atoms with Crippen molar-refractivity contribution in [3.05, 3.63) is 65.7 Å². The summed E-state index contributed by atoms with van der Waals surface area (Å²) in [5.74, 6) is -0.464. The predicted molar refractivity (Wildman–Crippen MR) is 77.1 cm³/mol. The lowest BCUT2D eigenvalue weighted by Crippen LogP contribution is -2.31. The molecule has 1 unspecified atom stereocenters. The van der Waals surface area contributed by atoms with E-state index in [-0.39, 0.29) is 17.5 Å². The fraction of sp³-hybridized carbons (Fsp3) is 0.294. The van der Waals surface area contributed by atoms with Crippen molar-refractivity contribution >= 4 is 5.78 Å². The smallest absolute Gasteiger partial charge is 0.138 e. The van der Waals surface area contributed by atoms with Crippen molar-refractivity contribution in [3.63, 3.8) is 0 Å². The molecule has 2 nitrogen and oxygen atoms in total. The van der Waals surface area contributed by atoms with Gasteiger partial charge in [-0.25, -0.2) is 4.39 Å². The van der Waals surface area contributed by atoms with Crippen LogP contribution in [0.2, 0.25) is 0 Å². The van der Waals surface area contributed by atoms with E-state index in [0.717, 1.165) is 11.1 Å². The van der Waals surface area contributed by atoms with Crippen LogP contribution < -0.4 is 0 Å². The first kappa shape index (κ1) is 14.4. The van der Waals surface area contributed by atoms with Crippen LogP contribution in [0.25, 0.3) is 0 Å². The van der Waals surface area contributed by atoms with Gasteiger partial charge in [-0.3, -0.25) is 9.78 Å². The van der Waals surface area contributed by atoms with E-state index in [1.807, 2.05) is 26.0 Å². The molecule has 2 rings (SSSR count). The van der Waals surface area contributed by atoms with Crippen LogP contribution in [0.15, 0.2) is 48.8 Å². The van der Waals surface area contributed by atoms with Crippen molar-refractivity contribution in [1.82, 2.24) is 4.98 Å². The van der Waals surface area contributed by atoms with Crippen LogP contribution in [0.1, 0.15) is 37.8 Å². The van der Waals surface area contributed by atoms with E-state index in [1.165, 1.54) is 12.1 Å². The zero-order chi connectivity index (χ0) is 14.8. The van der Waals surface area contributed by atoms with Gasteiger partial charge < -0.3 is 0 Å². The maximum atomic E-state index is 13.1. The lowest BCUT2D eigenvalue weighted by molar-refractivity contribution is -0.119. The molecule has 0 radical (unpaired) electrons. The lowest BCUT2D eigenvalue weighted by Gasteiger charge is -2.33. The summed E-state index contributed by atoms with van der Waals surface area (Å²) in [5.41, 5.74) is 1.46. The second-order valence-electron chi connectivity index (χ2n) is 5.55. The quantitative estimate of drug-likeness (QED) is 0.845. The molecule has 1 atom stereocenters. The van der Waals surface area contributed by atoms with E-state index < -0.39 is 5.41 Å². The van der Waals surface area contributed by atoms with Gasteiger partial charge in [-0.1, -0.05) is 26.0 Å². The van der Waals surface area contributed by atoms with Gasteiger partial charge in [-0.05, 0) is 42.3 Å². The molecule has 0 aliphatic heterocycles. The summed E-state index contributed by atoms with van der Waals surface area (Å²) in [5, 5.41) is 0. The Bertz CT molecular complexity index is 590. The number of benzene rings is 1. The standard InChI is InChI=1S/C17H18FNO/c1-12(20)16(13-8-10-19-11-9-13)17(2,3)14-4-6-15(18)7-5-14/h4-11,16H,1-3H3. The summed E-state index contributed by atoms with van der Waals surface area (Å²) in [6.07, 6.45) is 3.37. The van der Waals surface area contributed by atoms with Crippen molar-refractivity contribution in [1.29, 1.82) is 0 Å². The van der Waals surface area contributed by atoms with Gasteiger partial charge in [0.1, 0.15) is 11.6 Å². The van der Waals surface area contributed by atoms with E-state index in [0.29, 0.717) is 0 Å². The highest BCUT2D eigenvalue weighted by Crippen LogP contribution is 2.39. The van der Waals surface area contributed by atoms with Crippen molar-refractivity contribution in [3.8, 4) is 0 Å². The molecule has 3 heteroatoms. The largest absolute Gasteiger partial charge is 0.299 e. The third kappa shape index (κ3) is 2.77. The number of pyridine rings is 1. The summed E-state index contributed by atoms with van der Waals surface area (Å²) in [7, 11) is 0. The maximum absolute atomic E-state index is 13.1. The SMILES string of the molecule is CC(=O)C(c1ccncc1)C(C)(C)c1ccc(F)cc1. The summed E-state index contributed by atoms with van der Waals surface area (Å²) in [4.78, 5) is 16.1. The summed E-state index contributed by atoms with van der Waals surface area (Å²) in [6.45, 7) is 5.61. The Morgan fingerprint density at radius 3 is 2.15 bits per heavy atom. The van der Waals surface area contributed by atoms with Gasteiger partial charge in [-0.2, -0.15) is 0 Å². The van der Waals surface area contributed by atoms with E-state index in [1.54, 1.807) is 31.5 Å². The average molecular weight is 271 g/mol. The first-order valence-electron chi connectivity index (χ1n) is 6.59. The fourth-order valence-corrected chi connectivity index (χ4v) is 2.76. The molecule has 1 aromatic carbocycles. The van der Waals surface area contributed by atoms with Crippen LogP contribution in [-0.4, -0.2) is 10.8 Å². The Labute approximate surface area is 118 Å². The third-order valence-corrected chi connectivity index (χ3v) is 3.76. The zero-order valence-corrected chi connectivity index (χ0v) is 11.9. The van der Waals surface area contributed by atoms with Crippen molar-refractivity contribution < 1.29 is 9.18 Å². The number of hydrogen-bond donors (Lipinski definition) is 0. The zero-order valence-electron chi connectivity index (χ0n) is 11.9. The predicted octanol–water partition coefficient (Wildman–Crippen LogP) is 3.87. The summed E-state index contributed by atoms with van der Waals surface area (Å²) >= 11 is 0. The minimum atomic E-state index is -0.416. The topological polar surface area (TPSA) is 30.0 Å². The molecular weight excluding hydrogens is 253 g/mol. The number of carbonyl (C=O) groups excluding carboxylic acids is 1. The van der Waals surface area contributed by atoms with Crippen LogP contribution >= 0.6 is 0 Å². The normalized spacial score (nSPS) is 13.0. The first-order valence-corrected chi connectivity index (χ1v) is 6.59. The fourth-order valence-electron chi connectivity index (χ4n) is 2.76. The average Bonchev–Trinajstić information content (AvgIpc) is 2.39. The lowest BCUT2D eigenvalue weighted by atomic mass is 9.69. The van der Waals surface area contributed by atoms with Crippen molar-refractivity contribution in [2.75, 3.05) is 0 Å². The van der Waals surface area contributed by atoms with Gasteiger partial charge in [-0.15, -0.1) is 0 Å². The summed E-state index contributed by atoms with van der Waals surface area (Å²) < 4.78 is 13.1. The van der Waals surface area contributed by atoms with Gasteiger partial charge in [0.15, 0.2) is 0 Å². The number of halogens is 1. The molecule has 0 saturated carbocycles. The molecule has 0 aliphatic rings. The number of Topliss-reactive ketones (excluding diaryl/α,β-unsaturated/α-hetero) is 1. The van der Waals surface area contributed by atoms with Crippen molar-refractivity contribution in [2.45, 2.75) is 32.1 Å². The molecule has 2 aromatic rings. The minimum Gasteiger partial charge on any atom is -0.299 e. The highest BCUT2D eigenvalue weighted by molar-refractivity contribution is 5.85. The number of ketones is 1. The summed E-state index contributed by atoms with van der Waals surface area (Å²) in [6, 6.07) is 10.1. The van der Waals surface area contributed by atoms with Gasteiger partial charge in [0, 0.05) is 17.8 Å². The number of hydrogen-bond acceptors (Lipinski definition) is 2. The minimum absolute atomic E-state index is 0.0884. The second kappa shape index (κ2) is 5.53. The molecule has 0 aliphatic carbocycles. The van der Waals surface area contributed by atoms with Crippen LogP contribution in [-0.2, 0) is 10.2 Å². The maximum Gasteiger partial charge on any atom is 0.138 e. The Morgan fingerprint density at radius 2 is 1.65 bits per heavy atom. The Hall–Kier alpha value is -2.03. The van der Waals surface area contributed by atoms with Gasteiger partial charge in [0.2, 0.25) is 0 Å². The number of aromatic nitrogens is 1. The molecule has 0 N–H and O–H groups in total. The molecule has 1 heterocycles. The van der Waals surface area contributed by atoms with Crippen molar-refractivity contribution in [2.24, 2.45) is 0 Å². The van der Waals surface area contributed by atoms with E-state index in [4.69, 9.17) is 0 Å². The Kier molecular flexibility index (Phi) is 3.98.